The van der Waals surface area contributed by atoms with Gasteiger partial charge in [0.25, 0.3) is 5.69 Å². The summed E-state index contributed by atoms with van der Waals surface area (Å²) in [5, 5.41) is 11.0. The van der Waals surface area contributed by atoms with E-state index in [4.69, 9.17) is 5.73 Å². The average Bonchev–Trinajstić information content (AvgIpc) is 2.87. The number of nitro groups is 1. The second kappa shape index (κ2) is 4.27. The van der Waals surface area contributed by atoms with Crippen molar-refractivity contribution in [2.24, 2.45) is 17.6 Å². The summed E-state index contributed by atoms with van der Waals surface area (Å²) in [7, 11) is 0. The molecule has 2 aliphatic rings. The van der Waals surface area contributed by atoms with Crippen molar-refractivity contribution in [3.8, 4) is 0 Å². The van der Waals surface area contributed by atoms with Gasteiger partial charge in [-0.3, -0.25) is 10.1 Å². The standard InChI is InChI=1S/C14H17FN2O2/c15-12-3-4-13(17(18)19)10(6-12)8-14(16)7-9-1-2-11(14)5-9/h3-4,6,9,11H,1-2,5,7-8,16H2. The number of nitrogens with zero attached hydrogens (tertiary/aromatic N) is 1. The molecule has 102 valence electrons. The van der Waals surface area contributed by atoms with Crippen molar-refractivity contribution in [1.82, 2.24) is 0 Å². The Kier molecular flexibility index (Phi) is 2.82. The molecule has 1 aromatic rings. The van der Waals surface area contributed by atoms with E-state index in [1.54, 1.807) is 0 Å². The van der Waals surface area contributed by atoms with E-state index in [0.717, 1.165) is 25.3 Å². The lowest BCUT2D eigenvalue weighted by Gasteiger charge is -2.33. The largest absolute Gasteiger partial charge is 0.325 e. The lowest BCUT2D eigenvalue weighted by molar-refractivity contribution is -0.385. The molecule has 2 aliphatic carbocycles. The number of halogens is 1. The summed E-state index contributed by atoms with van der Waals surface area (Å²) >= 11 is 0. The van der Waals surface area contributed by atoms with Gasteiger partial charge in [0.1, 0.15) is 5.82 Å². The van der Waals surface area contributed by atoms with E-state index in [9.17, 15) is 14.5 Å². The zero-order valence-electron chi connectivity index (χ0n) is 10.6. The summed E-state index contributed by atoms with van der Waals surface area (Å²) in [5.74, 6) is 0.648. The Morgan fingerprint density at radius 1 is 1.47 bits per heavy atom. The normalized spacial score (nSPS) is 32.7. The summed E-state index contributed by atoms with van der Waals surface area (Å²) in [6, 6.07) is 3.63. The van der Waals surface area contributed by atoms with Gasteiger partial charge in [0.2, 0.25) is 0 Å². The van der Waals surface area contributed by atoms with Gasteiger partial charge < -0.3 is 5.73 Å². The van der Waals surface area contributed by atoms with Crippen LogP contribution >= 0.6 is 0 Å². The molecule has 0 spiro atoms. The van der Waals surface area contributed by atoms with Gasteiger partial charge in [-0.15, -0.1) is 0 Å². The van der Waals surface area contributed by atoms with E-state index >= 15 is 0 Å². The molecule has 4 nitrogen and oxygen atoms in total. The van der Waals surface area contributed by atoms with E-state index in [-0.39, 0.29) is 11.2 Å². The maximum atomic E-state index is 13.3. The predicted molar refractivity (Wildman–Crippen MR) is 69.1 cm³/mol. The van der Waals surface area contributed by atoms with Crippen LogP contribution in [0.25, 0.3) is 0 Å². The lowest BCUT2D eigenvalue weighted by Crippen LogP contribution is -2.47. The average molecular weight is 264 g/mol. The van der Waals surface area contributed by atoms with Gasteiger partial charge in [-0.05, 0) is 49.7 Å². The fourth-order valence-corrected chi connectivity index (χ4v) is 3.93. The monoisotopic (exact) mass is 264 g/mol. The summed E-state index contributed by atoms with van der Waals surface area (Å²) < 4.78 is 13.3. The predicted octanol–water partition coefficient (Wildman–Crippen LogP) is 2.79. The number of hydrogen-bond acceptors (Lipinski definition) is 3. The van der Waals surface area contributed by atoms with Gasteiger partial charge in [-0.1, -0.05) is 6.42 Å². The van der Waals surface area contributed by atoms with Gasteiger partial charge in [0.05, 0.1) is 4.92 Å². The highest BCUT2D eigenvalue weighted by Gasteiger charge is 2.48. The third-order valence-corrected chi connectivity index (χ3v) is 4.78. The lowest BCUT2D eigenvalue weighted by atomic mass is 9.77. The van der Waals surface area contributed by atoms with E-state index in [1.807, 2.05) is 0 Å². The van der Waals surface area contributed by atoms with Crippen LogP contribution in [0, 0.1) is 27.8 Å². The first-order valence-corrected chi connectivity index (χ1v) is 6.70. The van der Waals surface area contributed by atoms with E-state index in [0.29, 0.717) is 23.8 Å². The Bertz CT molecular complexity index is 534. The van der Waals surface area contributed by atoms with Gasteiger partial charge in [0.15, 0.2) is 0 Å². The third kappa shape index (κ3) is 2.12. The second-order valence-corrected chi connectivity index (χ2v) is 6.02. The minimum atomic E-state index is -0.453. The molecule has 19 heavy (non-hydrogen) atoms. The Balaban J connectivity index is 1.91. The first-order chi connectivity index (χ1) is 8.98. The molecule has 5 heteroatoms. The van der Waals surface area contributed by atoms with Crippen molar-refractivity contribution in [3.63, 3.8) is 0 Å². The second-order valence-electron chi connectivity index (χ2n) is 6.02. The molecule has 3 rings (SSSR count). The fraction of sp³-hybridized carbons (Fsp3) is 0.571. The molecule has 3 atom stereocenters. The molecule has 0 radical (unpaired) electrons. The first-order valence-electron chi connectivity index (χ1n) is 6.70. The Morgan fingerprint density at radius 2 is 2.26 bits per heavy atom. The summed E-state index contributed by atoms with van der Waals surface area (Å²) in [6.07, 6.45) is 4.76. The topological polar surface area (TPSA) is 69.2 Å². The molecule has 1 aromatic carbocycles. The minimum Gasteiger partial charge on any atom is -0.325 e. The van der Waals surface area contributed by atoms with Crippen LogP contribution < -0.4 is 5.73 Å². The molecule has 0 aromatic heterocycles. The molecule has 2 N–H and O–H groups in total. The number of rotatable bonds is 3. The van der Waals surface area contributed by atoms with Crippen LogP contribution in [0.2, 0.25) is 0 Å². The fourth-order valence-electron chi connectivity index (χ4n) is 3.93. The van der Waals surface area contributed by atoms with Gasteiger partial charge in [-0.2, -0.15) is 0 Å². The molecule has 0 amide bonds. The quantitative estimate of drug-likeness (QED) is 0.674. The Morgan fingerprint density at radius 3 is 2.84 bits per heavy atom. The van der Waals surface area contributed by atoms with E-state index in [1.165, 1.54) is 18.6 Å². The molecular formula is C14H17FN2O2. The summed E-state index contributed by atoms with van der Waals surface area (Å²) in [5.41, 5.74) is 6.47. The maximum Gasteiger partial charge on any atom is 0.272 e. The first kappa shape index (κ1) is 12.5. The zero-order chi connectivity index (χ0) is 13.6. The van der Waals surface area contributed by atoms with Crippen molar-refractivity contribution in [1.29, 1.82) is 0 Å². The Hall–Kier alpha value is -1.49. The molecule has 3 unspecified atom stereocenters. The third-order valence-electron chi connectivity index (χ3n) is 4.78. The van der Waals surface area contributed by atoms with Crippen molar-refractivity contribution < 1.29 is 9.31 Å². The van der Waals surface area contributed by atoms with E-state index < -0.39 is 10.7 Å². The molecule has 2 fully saturated rings. The Labute approximate surface area is 110 Å². The van der Waals surface area contributed by atoms with Gasteiger partial charge in [-0.25, -0.2) is 4.39 Å². The summed E-state index contributed by atoms with van der Waals surface area (Å²) in [4.78, 5) is 10.6. The SMILES string of the molecule is NC1(Cc2cc(F)ccc2[N+](=O)[O-])CC2CCC1C2. The van der Waals surface area contributed by atoms with Crippen LogP contribution in [0.15, 0.2) is 18.2 Å². The highest BCUT2D eigenvalue weighted by molar-refractivity contribution is 5.41. The number of benzene rings is 1. The van der Waals surface area contributed by atoms with Gasteiger partial charge >= 0.3 is 0 Å². The maximum absolute atomic E-state index is 13.3. The van der Waals surface area contributed by atoms with Crippen LogP contribution in [0.5, 0.6) is 0 Å². The van der Waals surface area contributed by atoms with Gasteiger partial charge in [0, 0.05) is 17.2 Å². The molecule has 0 aliphatic heterocycles. The summed E-state index contributed by atoms with van der Waals surface area (Å²) in [6.45, 7) is 0. The van der Waals surface area contributed by atoms with Crippen molar-refractivity contribution >= 4 is 5.69 Å². The zero-order valence-corrected chi connectivity index (χ0v) is 10.6. The minimum absolute atomic E-state index is 0.0194. The van der Waals surface area contributed by atoms with E-state index in [2.05, 4.69) is 0 Å². The number of nitrogens with two attached hydrogens (primary N) is 1. The molecule has 2 bridgehead atoms. The smallest absolute Gasteiger partial charge is 0.272 e. The van der Waals surface area contributed by atoms with Crippen LogP contribution in [0.1, 0.15) is 31.2 Å². The number of fused-ring (bicyclic) bond motifs is 2. The van der Waals surface area contributed by atoms with Crippen molar-refractivity contribution in [2.75, 3.05) is 0 Å². The highest BCUT2D eigenvalue weighted by atomic mass is 19.1. The molecule has 0 heterocycles. The van der Waals surface area contributed by atoms with Crippen molar-refractivity contribution in [3.05, 3.63) is 39.7 Å². The van der Waals surface area contributed by atoms with Crippen LogP contribution in [0.3, 0.4) is 0 Å². The van der Waals surface area contributed by atoms with Crippen molar-refractivity contribution in [2.45, 2.75) is 37.6 Å². The number of hydrogen-bond donors (Lipinski definition) is 1. The highest BCUT2D eigenvalue weighted by Crippen LogP contribution is 2.51. The molecule has 2 saturated carbocycles. The van der Waals surface area contributed by atoms with Crippen LogP contribution in [0.4, 0.5) is 10.1 Å². The van der Waals surface area contributed by atoms with Crippen LogP contribution in [-0.4, -0.2) is 10.5 Å². The molecule has 0 saturated heterocycles. The number of nitro benzene ring substituents is 1. The molecular weight excluding hydrogens is 247 g/mol. The van der Waals surface area contributed by atoms with Crippen LogP contribution in [-0.2, 0) is 6.42 Å².